The van der Waals surface area contributed by atoms with E-state index >= 15 is 0 Å². The summed E-state index contributed by atoms with van der Waals surface area (Å²) in [4.78, 5) is 29.8. The molecular weight excluding hydrogens is 437 g/mol. The van der Waals surface area contributed by atoms with E-state index in [2.05, 4.69) is 10.3 Å². The molecule has 0 aliphatic carbocycles. The lowest BCUT2D eigenvalue weighted by Gasteiger charge is -2.26. The number of hydrogen-bond acceptors (Lipinski definition) is 5. The van der Waals surface area contributed by atoms with Gasteiger partial charge in [0.1, 0.15) is 5.82 Å². The van der Waals surface area contributed by atoms with Crippen molar-refractivity contribution in [3.05, 3.63) is 68.5 Å². The van der Waals surface area contributed by atoms with Crippen LogP contribution in [-0.4, -0.2) is 34.9 Å². The van der Waals surface area contributed by atoms with Gasteiger partial charge in [-0.3, -0.25) is 14.2 Å². The van der Waals surface area contributed by atoms with Gasteiger partial charge < -0.3 is 15.0 Å². The van der Waals surface area contributed by atoms with E-state index in [1.54, 1.807) is 43.1 Å². The number of H-pyrrole nitrogens is 1. The summed E-state index contributed by atoms with van der Waals surface area (Å²) < 4.78 is 20.6. The highest BCUT2D eigenvalue weighted by atomic mass is 32.2. The van der Waals surface area contributed by atoms with Crippen LogP contribution in [0.1, 0.15) is 34.8 Å². The van der Waals surface area contributed by atoms with Crippen molar-refractivity contribution in [1.82, 2.24) is 14.9 Å². The lowest BCUT2D eigenvalue weighted by atomic mass is 10.0. The molecule has 1 unspecified atom stereocenters. The third-order valence-electron chi connectivity index (χ3n) is 5.29. The highest BCUT2D eigenvalue weighted by molar-refractivity contribution is 7.99. The zero-order chi connectivity index (χ0) is 22.0. The average Bonchev–Trinajstić information content (AvgIpc) is 2.76. The summed E-state index contributed by atoms with van der Waals surface area (Å²) in [6.45, 7) is 0.987. The molecule has 0 spiro atoms. The van der Waals surface area contributed by atoms with Crippen molar-refractivity contribution in [3.63, 3.8) is 0 Å². The molecule has 0 radical (unpaired) electrons. The summed E-state index contributed by atoms with van der Waals surface area (Å²) in [5, 5.41) is 3.46. The quantitative estimate of drug-likeness (QED) is 0.427. The third-order valence-corrected chi connectivity index (χ3v) is 6.74. The Morgan fingerprint density at radius 1 is 1.35 bits per heavy atom. The van der Waals surface area contributed by atoms with E-state index in [0.717, 1.165) is 22.6 Å². The van der Waals surface area contributed by atoms with Gasteiger partial charge in [-0.2, -0.15) is 0 Å². The molecule has 9 heteroatoms. The summed E-state index contributed by atoms with van der Waals surface area (Å²) in [7, 11) is 1.61. The third kappa shape index (κ3) is 4.58. The average molecular weight is 460 g/mol. The predicted molar refractivity (Wildman–Crippen MR) is 122 cm³/mol. The number of nitrogens with zero attached hydrogens (tertiary/aromatic N) is 1. The van der Waals surface area contributed by atoms with E-state index in [9.17, 15) is 14.0 Å². The highest BCUT2D eigenvalue weighted by Crippen LogP contribution is 2.36. The zero-order valence-corrected chi connectivity index (χ0v) is 18.6. The number of aromatic nitrogens is 2. The largest absolute Gasteiger partial charge is 0.385 e. The Kier molecular flexibility index (Phi) is 6.54. The van der Waals surface area contributed by atoms with Crippen LogP contribution in [0.25, 0.3) is 10.9 Å². The number of hydrogen-bond donors (Lipinski definition) is 2. The number of thioether (sulfide) groups is 1. The number of amides is 1. The maximum Gasteiger partial charge on any atom is 0.262 e. The second-order valence-electron chi connectivity index (χ2n) is 7.34. The maximum atomic E-state index is 13.7. The summed E-state index contributed by atoms with van der Waals surface area (Å²) >= 11 is 7.00. The Hall–Kier alpha value is -2.49. The van der Waals surface area contributed by atoms with Crippen LogP contribution >= 0.6 is 24.0 Å². The zero-order valence-electron chi connectivity index (χ0n) is 16.9. The Labute approximate surface area is 187 Å². The normalized spacial score (nSPS) is 15.6. The number of halogens is 1. The molecule has 1 atom stereocenters. The van der Waals surface area contributed by atoms with Crippen molar-refractivity contribution >= 4 is 40.8 Å². The molecule has 0 saturated carbocycles. The van der Waals surface area contributed by atoms with Crippen LogP contribution in [0.15, 0.2) is 46.1 Å². The molecule has 2 N–H and O–H groups in total. The number of ether oxygens (including phenoxy) is 1. The van der Waals surface area contributed by atoms with Crippen LogP contribution in [0.4, 0.5) is 4.39 Å². The van der Waals surface area contributed by atoms with Gasteiger partial charge in [0.25, 0.3) is 11.5 Å². The Morgan fingerprint density at radius 2 is 2.19 bits per heavy atom. The van der Waals surface area contributed by atoms with E-state index in [1.807, 2.05) is 0 Å². The molecule has 1 aliphatic heterocycles. The first-order valence-corrected chi connectivity index (χ1v) is 11.4. The molecule has 31 heavy (non-hydrogen) atoms. The molecule has 0 bridgehead atoms. The second kappa shape index (κ2) is 9.33. The van der Waals surface area contributed by atoms with Gasteiger partial charge in [-0.25, -0.2) is 4.39 Å². The van der Waals surface area contributed by atoms with Gasteiger partial charge in [0.05, 0.1) is 16.9 Å². The van der Waals surface area contributed by atoms with Gasteiger partial charge >= 0.3 is 0 Å². The molecule has 1 aromatic heterocycles. The van der Waals surface area contributed by atoms with Crippen LogP contribution in [-0.2, 0) is 11.3 Å². The first kappa shape index (κ1) is 21.7. The minimum atomic E-state index is -0.319. The molecule has 6 nitrogen and oxygen atoms in total. The van der Waals surface area contributed by atoms with Gasteiger partial charge in [-0.15, -0.1) is 11.8 Å². The van der Waals surface area contributed by atoms with Crippen molar-refractivity contribution in [2.24, 2.45) is 0 Å². The number of methoxy groups -OCH3 is 1. The number of carbonyl (C=O) groups excluding carboxylic acids is 1. The van der Waals surface area contributed by atoms with Crippen LogP contribution in [0.5, 0.6) is 0 Å². The van der Waals surface area contributed by atoms with Gasteiger partial charge in [-0.1, -0.05) is 0 Å². The molecule has 0 saturated heterocycles. The van der Waals surface area contributed by atoms with Crippen molar-refractivity contribution in [2.75, 3.05) is 19.5 Å². The fourth-order valence-electron chi connectivity index (χ4n) is 3.72. The van der Waals surface area contributed by atoms with E-state index in [-0.39, 0.29) is 23.3 Å². The highest BCUT2D eigenvalue weighted by Gasteiger charge is 2.23. The van der Waals surface area contributed by atoms with E-state index in [1.165, 1.54) is 16.7 Å². The molecule has 1 amide bonds. The lowest BCUT2D eigenvalue weighted by molar-refractivity contribution is 0.0935. The first-order valence-electron chi connectivity index (χ1n) is 9.97. The monoisotopic (exact) mass is 459 g/mol. The summed E-state index contributed by atoms with van der Waals surface area (Å²) in [6.07, 6.45) is 1.39. The van der Waals surface area contributed by atoms with Crippen molar-refractivity contribution in [2.45, 2.75) is 30.3 Å². The standard InChI is InChI=1S/C22H22FN3O3S2/c1-29-9-2-8-26-21(28)15-5-3-13(11-18(15)25-22(26)30)20(27)24-17-7-10-31-19-6-4-14(23)12-16(17)19/h3-6,11-12,17H,2,7-10H2,1H3,(H,24,27)(H,25,30). The van der Waals surface area contributed by atoms with Crippen molar-refractivity contribution < 1.29 is 13.9 Å². The minimum absolute atomic E-state index is 0.199. The number of nitrogens with one attached hydrogen (secondary N) is 2. The lowest BCUT2D eigenvalue weighted by Crippen LogP contribution is -2.31. The Morgan fingerprint density at radius 3 is 3.00 bits per heavy atom. The number of fused-ring (bicyclic) bond motifs is 2. The Bertz CT molecular complexity index is 1250. The Balaban J connectivity index is 1.60. The summed E-state index contributed by atoms with van der Waals surface area (Å²) in [6, 6.07) is 9.30. The summed E-state index contributed by atoms with van der Waals surface area (Å²) in [5.74, 6) is 0.245. The van der Waals surface area contributed by atoms with Crippen LogP contribution in [0.2, 0.25) is 0 Å². The molecule has 1 aliphatic rings. The fraction of sp³-hybridized carbons (Fsp3) is 0.318. The van der Waals surface area contributed by atoms with E-state index in [0.29, 0.717) is 40.8 Å². The van der Waals surface area contributed by atoms with Gasteiger partial charge in [0.2, 0.25) is 0 Å². The van der Waals surface area contributed by atoms with E-state index < -0.39 is 0 Å². The minimum Gasteiger partial charge on any atom is -0.385 e. The van der Waals surface area contributed by atoms with Crippen LogP contribution in [0.3, 0.4) is 0 Å². The fourth-order valence-corrected chi connectivity index (χ4v) is 5.11. The SMILES string of the molecule is COCCCn1c(=S)[nH]c2cc(C(=O)NC3CCSc4ccc(F)cc43)ccc2c1=O. The van der Waals surface area contributed by atoms with Crippen LogP contribution < -0.4 is 10.9 Å². The predicted octanol–water partition coefficient (Wildman–Crippen LogP) is 4.20. The maximum absolute atomic E-state index is 13.7. The number of carbonyl (C=O) groups is 1. The van der Waals surface area contributed by atoms with Gasteiger partial charge in [0.15, 0.2) is 4.77 Å². The van der Waals surface area contributed by atoms with Crippen molar-refractivity contribution in [3.8, 4) is 0 Å². The molecule has 2 aromatic carbocycles. The van der Waals surface area contributed by atoms with Crippen molar-refractivity contribution in [1.29, 1.82) is 0 Å². The second-order valence-corrected chi connectivity index (χ2v) is 8.86. The smallest absolute Gasteiger partial charge is 0.262 e. The van der Waals surface area contributed by atoms with Gasteiger partial charge in [-0.05, 0) is 67.0 Å². The molecular formula is C22H22FN3O3S2. The van der Waals surface area contributed by atoms with Crippen LogP contribution in [0, 0.1) is 10.6 Å². The topological polar surface area (TPSA) is 76.1 Å². The number of aromatic amines is 1. The molecule has 162 valence electrons. The molecule has 4 rings (SSSR count). The summed E-state index contributed by atoms with van der Waals surface area (Å²) in [5.41, 5.74) is 1.52. The molecule has 0 fully saturated rings. The van der Waals surface area contributed by atoms with E-state index in [4.69, 9.17) is 17.0 Å². The van der Waals surface area contributed by atoms with Gasteiger partial charge in [0, 0.05) is 36.5 Å². The molecule has 3 aromatic rings. The number of rotatable bonds is 6. The number of benzene rings is 2. The molecule has 2 heterocycles. The first-order chi connectivity index (χ1) is 15.0.